The lowest BCUT2D eigenvalue weighted by Gasteiger charge is -2.12. The molecule has 8 heteroatoms. The van der Waals surface area contributed by atoms with E-state index in [4.69, 9.17) is 21.1 Å². The number of thiazole rings is 1. The van der Waals surface area contributed by atoms with E-state index in [1.54, 1.807) is 34.7 Å². The highest BCUT2D eigenvalue weighted by Gasteiger charge is 2.13. The predicted molar refractivity (Wildman–Crippen MR) is 124 cm³/mol. The van der Waals surface area contributed by atoms with Crippen LogP contribution >= 0.6 is 22.9 Å². The highest BCUT2D eigenvalue weighted by molar-refractivity contribution is 7.15. The summed E-state index contributed by atoms with van der Waals surface area (Å²) < 4.78 is 27.4. The third-order valence-electron chi connectivity index (χ3n) is 5.06. The Morgan fingerprint density at radius 1 is 1.12 bits per heavy atom. The van der Waals surface area contributed by atoms with Crippen LogP contribution in [0, 0.1) is 5.82 Å². The number of aromatic nitrogens is 2. The van der Waals surface area contributed by atoms with Gasteiger partial charge in [0, 0.05) is 5.56 Å². The molecule has 5 rings (SSSR count). The molecule has 0 aliphatic heterocycles. The lowest BCUT2D eigenvalue weighted by atomic mass is 10.2. The summed E-state index contributed by atoms with van der Waals surface area (Å²) in [5.41, 5.74) is 2.44. The zero-order valence-electron chi connectivity index (χ0n) is 16.8. The second-order valence-electron chi connectivity index (χ2n) is 7.03. The van der Waals surface area contributed by atoms with Gasteiger partial charge >= 0.3 is 0 Å². The summed E-state index contributed by atoms with van der Waals surface area (Å²) in [6, 6.07) is 17.3. The van der Waals surface area contributed by atoms with Crippen molar-refractivity contribution in [3.05, 3.63) is 97.5 Å². The molecule has 0 aliphatic rings. The van der Waals surface area contributed by atoms with Crippen molar-refractivity contribution in [1.82, 2.24) is 9.38 Å². The summed E-state index contributed by atoms with van der Waals surface area (Å²) >= 11 is 7.41. The van der Waals surface area contributed by atoms with Crippen LogP contribution in [0.25, 0.3) is 22.1 Å². The fourth-order valence-corrected chi connectivity index (χ4v) is 4.68. The Kier molecular flexibility index (Phi) is 5.28. The molecule has 5 nitrogen and oxygen atoms in total. The van der Waals surface area contributed by atoms with Crippen molar-refractivity contribution in [3.63, 3.8) is 0 Å². The molecule has 0 N–H and O–H groups in total. The van der Waals surface area contributed by atoms with E-state index in [1.165, 1.54) is 24.5 Å². The Bertz CT molecular complexity index is 1560. The van der Waals surface area contributed by atoms with Crippen LogP contribution in [0.3, 0.4) is 0 Å². The molecule has 0 fully saturated rings. The highest BCUT2D eigenvalue weighted by Crippen LogP contribution is 2.30. The van der Waals surface area contributed by atoms with Gasteiger partial charge in [-0.05, 0) is 48.0 Å². The molecule has 0 spiro atoms. The summed E-state index contributed by atoms with van der Waals surface area (Å²) in [4.78, 5) is 18.2. The standard InChI is InChI=1S/C24H16ClFN2O3S/c1-30-20-10-9-14(11-21(20)31-13-15-16(25)5-4-6-17(15)26)12-22-23(29)28-19-8-3-2-7-18(19)27-24(28)32-22/h2-12H,13H2,1H3/b22-12-. The van der Waals surface area contributed by atoms with Gasteiger partial charge in [-0.3, -0.25) is 4.79 Å². The van der Waals surface area contributed by atoms with Gasteiger partial charge in [-0.15, -0.1) is 0 Å². The molecular weight excluding hydrogens is 451 g/mol. The molecule has 0 amide bonds. The number of methoxy groups -OCH3 is 1. The largest absolute Gasteiger partial charge is 0.493 e. The van der Waals surface area contributed by atoms with Crippen LogP contribution in [0.15, 0.2) is 65.5 Å². The first-order chi connectivity index (χ1) is 15.5. The predicted octanol–water partition coefficient (Wildman–Crippen LogP) is 4.84. The van der Waals surface area contributed by atoms with E-state index in [0.717, 1.165) is 16.6 Å². The zero-order chi connectivity index (χ0) is 22.2. The van der Waals surface area contributed by atoms with Crippen LogP contribution < -0.4 is 19.6 Å². The maximum absolute atomic E-state index is 14.1. The zero-order valence-corrected chi connectivity index (χ0v) is 18.4. The quantitative estimate of drug-likeness (QED) is 0.372. The summed E-state index contributed by atoms with van der Waals surface area (Å²) in [6.07, 6.45) is 1.78. The monoisotopic (exact) mass is 466 g/mol. The van der Waals surface area contributed by atoms with Crippen LogP contribution in [0.4, 0.5) is 4.39 Å². The normalized spacial score (nSPS) is 12.0. The van der Waals surface area contributed by atoms with Crippen molar-refractivity contribution in [3.8, 4) is 11.5 Å². The second-order valence-corrected chi connectivity index (χ2v) is 8.45. The van der Waals surface area contributed by atoms with E-state index < -0.39 is 5.82 Å². The number of ether oxygens (including phenoxy) is 2. The van der Waals surface area contributed by atoms with Crippen molar-refractivity contribution >= 4 is 45.0 Å². The minimum Gasteiger partial charge on any atom is -0.493 e. The van der Waals surface area contributed by atoms with E-state index in [-0.39, 0.29) is 22.8 Å². The molecule has 0 saturated heterocycles. The van der Waals surface area contributed by atoms with Gasteiger partial charge in [0.1, 0.15) is 12.4 Å². The van der Waals surface area contributed by atoms with Crippen molar-refractivity contribution < 1.29 is 13.9 Å². The molecule has 32 heavy (non-hydrogen) atoms. The average molecular weight is 467 g/mol. The molecule has 0 atom stereocenters. The van der Waals surface area contributed by atoms with Crippen LogP contribution in [-0.2, 0) is 6.61 Å². The number of hydrogen-bond acceptors (Lipinski definition) is 5. The average Bonchev–Trinajstić information content (AvgIpc) is 3.29. The maximum atomic E-state index is 14.1. The Morgan fingerprint density at radius 3 is 2.78 bits per heavy atom. The van der Waals surface area contributed by atoms with E-state index in [2.05, 4.69) is 4.98 Å². The molecule has 0 radical (unpaired) electrons. The van der Waals surface area contributed by atoms with Crippen LogP contribution in [0.5, 0.6) is 11.5 Å². The first kappa shape index (κ1) is 20.5. The molecule has 0 aliphatic carbocycles. The van der Waals surface area contributed by atoms with Gasteiger partial charge in [0.05, 0.1) is 27.7 Å². The van der Waals surface area contributed by atoms with Gasteiger partial charge in [-0.1, -0.05) is 47.2 Å². The summed E-state index contributed by atoms with van der Waals surface area (Å²) in [5, 5.41) is 0.289. The van der Waals surface area contributed by atoms with Crippen molar-refractivity contribution in [2.45, 2.75) is 6.61 Å². The fourth-order valence-electron chi connectivity index (χ4n) is 3.48. The highest BCUT2D eigenvalue weighted by atomic mass is 35.5. The number of hydrogen-bond donors (Lipinski definition) is 0. The molecular formula is C24H16ClFN2O3S. The van der Waals surface area contributed by atoms with Gasteiger partial charge < -0.3 is 9.47 Å². The minimum absolute atomic E-state index is 0.0586. The third-order valence-corrected chi connectivity index (χ3v) is 6.39. The lowest BCUT2D eigenvalue weighted by molar-refractivity contribution is 0.280. The smallest absolute Gasteiger partial charge is 0.274 e. The minimum atomic E-state index is -0.440. The Morgan fingerprint density at radius 2 is 1.97 bits per heavy atom. The van der Waals surface area contributed by atoms with Crippen molar-refractivity contribution in [2.75, 3.05) is 7.11 Å². The number of halogens is 2. The summed E-state index contributed by atoms with van der Waals surface area (Å²) in [5.74, 6) is 0.466. The van der Waals surface area contributed by atoms with Crippen LogP contribution in [0.1, 0.15) is 11.1 Å². The third kappa shape index (κ3) is 3.59. The van der Waals surface area contributed by atoms with Crippen molar-refractivity contribution in [1.29, 1.82) is 0 Å². The number of rotatable bonds is 5. The SMILES string of the molecule is COc1ccc(/C=c2\sc3nc4ccccc4n3c2=O)cc1OCc1c(F)cccc1Cl. The lowest BCUT2D eigenvalue weighted by Crippen LogP contribution is -2.22. The van der Waals surface area contributed by atoms with Gasteiger partial charge in [-0.25, -0.2) is 13.8 Å². The number of imidazole rings is 1. The van der Waals surface area contributed by atoms with Gasteiger partial charge in [0.2, 0.25) is 0 Å². The number of fused-ring (bicyclic) bond motifs is 3. The Hall–Kier alpha value is -3.42. The molecule has 0 saturated carbocycles. The van der Waals surface area contributed by atoms with E-state index in [1.807, 2.05) is 30.3 Å². The fraction of sp³-hybridized carbons (Fsp3) is 0.0833. The number of benzene rings is 3. The molecule has 2 aromatic heterocycles. The topological polar surface area (TPSA) is 52.8 Å². The number of para-hydroxylation sites is 2. The number of nitrogens with zero attached hydrogens (tertiary/aromatic N) is 2. The molecule has 5 aromatic rings. The Labute approximate surface area is 190 Å². The summed E-state index contributed by atoms with van der Waals surface area (Å²) in [7, 11) is 1.52. The Balaban J connectivity index is 1.53. The molecule has 2 heterocycles. The molecule has 160 valence electrons. The van der Waals surface area contributed by atoms with Gasteiger partial charge in [0.25, 0.3) is 5.56 Å². The van der Waals surface area contributed by atoms with Crippen LogP contribution in [0.2, 0.25) is 5.02 Å². The van der Waals surface area contributed by atoms with Crippen LogP contribution in [-0.4, -0.2) is 16.5 Å². The molecule has 0 unspecified atom stereocenters. The van der Waals surface area contributed by atoms with Gasteiger partial charge in [-0.2, -0.15) is 0 Å². The first-order valence-corrected chi connectivity index (χ1v) is 10.9. The molecule has 0 bridgehead atoms. The summed E-state index contributed by atoms with van der Waals surface area (Å²) in [6.45, 7) is -0.0586. The molecule has 3 aromatic carbocycles. The van der Waals surface area contributed by atoms with Crippen molar-refractivity contribution in [2.24, 2.45) is 0 Å². The van der Waals surface area contributed by atoms with E-state index >= 15 is 0 Å². The first-order valence-electron chi connectivity index (χ1n) is 9.70. The maximum Gasteiger partial charge on any atom is 0.274 e. The van der Waals surface area contributed by atoms with Gasteiger partial charge in [0.15, 0.2) is 16.5 Å². The van der Waals surface area contributed by atoms with E-state index in [0.29, 0.717) is 21.0 Å². The van der Waals surface area contributed by atoms with E-state index in [9.17, 15) is 9.18 Å². The second kappa shape index (κ2) is 8.26.